The van der Waals surface area contributed by atoms with Gasteiger partial charge >= 0.3 is 0 Å². The van der Waals surface area contributed by atoms with Gasteiger partial charge in [0.15, 0.2) is 5.96 Å². The fourth-order valence-electron chi connectivity index (χ4n) is 2.20. The Bertz CT molecular complexity index is 510. The lowest BCUT2D eigenvalue weighted by atomic mass is 10.2. The summed E-state index contributed by atoms with van der Waals surface area (Å²) in [6.07, 6.45) is 6.38. The van der Waals surface area contributed by atoms with Crippen molar-refractivity contribution in [3.63, 3.8) is 0 Å². The van der Waals surface area contributed by atoms with Crippen molar-refractivity contribution >= 4 is 29.9 Å². The molecule has 1 fully saturated rings. The van der Waals surface area contributed by atoms with Crippen molar-refractivity contribution < 1.29 is 9.47 Å². The van der Waals surface area contributed by atoms with Crippen LogP contribution in [0.2, 0.25) is 0 Å². The Kier molecular flexibility index (Phi) is 11.6. The van der Waals surface area contributed by atoms with Crippen LogP contribution in [0, 0.1) is 5.92 Å². The number of hydrogen-bond donors (Lipinski definition) is 2. The Balaban J connectivity index is 0.00000312. The van der Waals surface area contributed by atoms with Crippen molar-refractivity contribution in [3.05, 3.63) is 23.9 Å². The van der Waals surface area contributed by atoms with Gasteiger partial charge in [-0.15, -0.1) is 24.0 Å². The van der Waals surface area contributed by atoms with E-state index in [4.69, 9.17) is 9.47 Å². The number of pyridine rings is 1. The molecule has 1 aliphatic rings. The molecule has 0 unspecified atom stereocenters. The molecule has 1 aromatic heterocycles. The lowest BCUT2D eigenvalue weighted by Crippen LogP contribution is -2.37. The molecule has 25 heavy (non-hydrogen) atoms. The van der Waals surface area contributed by atoms with Crippen LogP contribution in [0.5, 0.6) is 5.88 Å². The lowest BCUT2D eigenvalue weighted by molar-refractivity contribution is 0.123. The zero-order chi connectivity index (χ0) is 17.0. The minimum absolute atomic E-state index is 0. The highest BCUT2D eigenvalue weighted by atomic mass is 127. The van der Waals surface area contributed by atoms with Gasteiger partial charge in [0.2, 0.25) is 5.88 Å². The molecule has 1 aromatic rings. The van der Waals surface area contributed by atoms with Crippen LogP contribution >= 0.6 is 24.0 Å². The van der Waals surface area contributed by atoms with Crippen LogP contribution in [-0.4, -0.2) is 44.4 Å². The predicted molar refractivity (Wildman–Crippen MR) is 112 cm³/mol. The normalized spacial score (nSPS) is 13.9. The molecule has 7 heteroatoms. The van der Waals surface area contributed by atoms with Gasteiger partial charge in [0.05, 0.1) is 6.61 Å². The maximum atomic E-state index is 5.67. The molecule has 0 aromatic carbocycles. The Morgan fingerprint density at radius 1 is 1.32 bits per heavy atom. The van der Waals surface area contributed by atoms with E-state index in [-0.39, 0.29) is 24.0 Å². The molecule has 0 bridgehead atoms. The summed E-state index contributed by atoms with van der Waals surface area (Å²) in [6.45, 7) is 5.97. The zero-order valence-electron chi connectivity index (χ0n) is 15.3. The Morgan fingerprint density at radius 2 is 2.16 bits per heavy atom. The van der Waals surface area contributed by atoms with Gasteiger partial charge in [-0.3, -0.25) is 4.99 Å². The third-order valence-electron chi connectivity index (χ3n) is 3.77. The average molecular weight is 462 g/mol. The van der Waals surface area contributed by atoms with E-state index >= 15 is 0 Å². The van der Waals surface area contributed by atoms with Crippen molar-refractivity contribution in [1.29, 1.82) is 0 Å². The third-order valence-corrected chi connectivity index (χ3v) is 3.77. The quantitative estimate of drug-likeness (QED) is 0.229. The molecule has 2 rings (SSSR count). The highest BCUT2D eigenvalue weighted by molar-refractivity contribution is 14.0. The first-order valence-corrected chi connectivity index (χ1v) is 8.92. The van der Waals surface area contributed by atoms with E-state index in [2.05, 4.69) is 27.5 Å². The maximum Gasteiger partial charge on any atom is 0.218 e. The van der Waals surface area contributed by atoms with Gasteiger partial charge in [0.25, 0.3) is 0 Å². The molecule has 1 aliphatic carbocycles. The SMILES string of the molecule is CCCOc1ncccc1CNC(=NC)NCCCOCC1CC1.I. The fraction of sp³-hybridized carbons (Fsp3) is 0.667. The number of guanidine groups is 1. The molecule has 1 heterocycles. The van der Waals surface area contributed by atoms with Gasteiger partial charge in [-0.2, -0.15) is 0 Å². The Hall–Kier alpha value is -1.09. The number of aromatic nitrogens is 1. The van der Waals surface area contributed by atoms with Crippen LogP contribution in [0.4, 0.5) is 0 Å². The smallest absolute Gasteiger partial charge is 0.218 e. The predicted octanol–water partition coefficient (Wildman–Crippen LogP) is 2.97. The summed E-state index contributed by atoms with van der Waals surface area (Å²) in [5.74, 6) is 2.30. The monoisotopic (exact) mass is 462 g/mol. The van der Waals surface area contributed by atoms with E-state index in [1.807, 2.05) is 12.1 Å². The lowest BCUT2D eigenvalue weighted by Gasteiger charge is -2.14. The fourth-order valence-corrected chi connectivity index (χ4v) is 2.20. The second-order valence-corrected chi connectivity index (χ2v) is 6.04. The first-order valence-electron chi connectivity index (χ1n) is 8.92. The zero-order valence-corrected chi connectivity index (χ0v) is 17.6. The number of nitrogens with one attached hydrogen (secondary N) is 2. The van der Waals surface area contributed by atoms with E-state index in [0.29, 0.717) is 19.0 Å². The van der Waals surface area contributed by atoms with Gasteiger partial charge < -0.3 is 20.1 Å². The van der Waals surface area contributed by atoms with Crippen LogP contribution in [0.3, 0.4) is 0 Å². The minimum Gasteiger partial charge on any atom is -0.477 e. The second-order valence-electron chi connectivity index (χ2n) is 6.04. The van der Waals surface area contributed by atoms with Crippen LogP contribution in [0.25, 0.3) is 0 Å². The summed E-state index contributed by atoms with van der Waals surface area (Å²) in [6, 6.07) is 3.94. The number of halogens is 1. The van der Waals surface area contributed by atoms with Crippen LogP contribution in [0.1, 0.15) is 38.2 Å². The third kappa shape index (κ3) is 9.25. The highest BCUT2D eigenvalue weighted by Crippen LogP contribution is 2.28. The number of hydrogen-bond acceptors (Lipinski definition) is 4. The number of nitrogens with zero attached hydrogens (tertiary/aromatic N) is 2. The second kappa shape index (κ2) is 13.2. The summed E-state index contributed by atoms with van der Waals surface area (Å²) < 4.78 is 11.3. The minimum atomic E-state index is 0. The van der Waals surface area contributed by atoms with Crippen LogP contribution in [0.15, 0.2) is 23.3 Å². The van der Waals surface area contributed by atoms with E-state index in [0.717, 1.165) is 50.0 Å². The molecule has 1 saturated carbocycles. The number of ether oxygens (including phenoxy) is 2. The van der Waals surface area contributed by atoms with Gasteiger partial charge in [-0.1, -0.05) is 13.0 Å². The van der Waals surface area contributed by atoms with Crippen LogP contribution in [-0.2, 0) is 11.3 Å². The maximum absolute atomic E-state index is 5.67. The molecule has 0 atom stereocenters. The topological polar surface area (TPSA) is 67.8 Å². The van der Waals surface area contributed by atoms with Gasteiger partial charge in [0.1, 0.15) is 0 Å². The molecule has 6 nitrogen and oxygen atoms in total. The molecule has 0 saturated heterocycles. The molecular formula is C18H31IN4O2. The molecule has 0 spiro atoms. The molecule has 2 N–H and O–H groups in total. The molecular weight excluding hydrogens is 431 g/mol. The number of aliphatic imine (C=N–C) groups is 1. The van der Waals surface area contributed by atoms with Crippen molar-refractivity contribution in [1.82, 2.24) is 15.6 Å². The summed E-state index contributed by atoms with van der Waals surface area (Å²) in [5.41, 5.74) is 1.03. The van der Waals surface area contributed by atoms with E-state index in [1.54, 1.807) is 13.2 Å². The summed E-state index contributed by atoms with van der Waals surface area (Å²) in [7, 11) is 1.77. The highest BCUT2D eigenvalue weighted by Gasteiger charge is 2.20. The van der Waals surface area contributed by atoms with E-state index in [1.165, 1.54) is 12.8 Å². The van der Waals surface area contributed by atoms with Crippen molar-refractivity contribution in [3.8, 4) is 5.88 Å². The van der Waals surface area contributed by atoms with Crippen molar-refractivity contribution in [2.45, 2.75) is 39.2 Å². The van der Waals surface area contributed by atoms with Gasteiger partial charge in [0, 0.05) is 45.1 Å². The van der Waals surface area contributed by atoms with Crippen molar-refractivity contribution in [2.24, 2.45) is 10.9 Å². The van der Waals surface area contributed by atoms with Crippen LogP contribution < -0.4 is 15.4 Å². The Labute approximate surface area is 168 Å². The first kappa shape index (κ1) is 22.0. The molecule has 142 valence electrons. The molecule has 0 radical (unpaired) electrons. The summed E-state index contributed by atoms with van der Waals surface area (Å²) in [4.78, 5) is 8.54. The first-order chi connectivity index (χ1) is 11.8. The van der Waals surface area contributed by atoms with Crippen molar-refractivity contribution in [2.75, 3.05) is 33.4 Å². The van der Waals surface area contributed by atoms with Gasteiger partial charge in [-0.25, -0.2) is 4.98 Å². The largest absolute Gasteiger partial charge is 0.477 e. The van der Waals surface area contributed by atoms with E-state index < -0.39 is 0 Å². The average Bonchev–Trinajstić information content (AvgIpc) is 3.43. The van der Waals surface area contributed by atoms with Gasteiger partial charge in [-0.05, 0) is 37.7 Å². The summed E-state index contributed by atoms with van der Waals surface area (Å²) >= 11 is 0. The molecule has 0 amide bonds. The standard InChI is InChI=1S/C18H30N4O2.HI/c1-3-11-24-17-16(6-4-9-20-17)13-22-18(19-2)21-10-5-12-23-14-15-7-8-15;/h4,6,9,15H,3,5,7-8,10-14H2,1-2H3,(H2,19,21,22);1H. The summed E-state index contributed by atoms with van der Waals surface area (Å²) in [5, 5.41) is 6.60. The van der Waals surface area contributed by atoms with E-state index in [9.17, 15) is 0 Å². The molecule has 0 aliphatic heterocycles. The number of rotatable bonds is 11. The Morgan fingerprint density at radius 3 is 2.88 bits per heavy atom.